The van der Waals surface area contributed by atoms with E-state index < -0.39 is 11.7 Å². The first kappa shape index (κ1) is 15.6. The van der Waals surface area contributed by atoms with Crippen molar-refractivity contribution in [2.24, 2.45) is 0 Å². The van der Waals surface area contributed by atoms with Crippen LogP contribution in [0.5, 0.6) is 0 Å². The van der Waals surface area contributed by atoms with Gasteiger partial charge in [0.2, 0.25) is 0 Å². The van der Waals surface area contributed by atoms with E-state index in [2.05, 4.69) is 26.6 Å². The number of nitrogens with one attached hydrogen (secondary N) is 2. The van der Waals surface area contributed by atoms with E-state index in [9.17, 15) is 13.2 Å². The largest absolute Gasteiger partial charge is 0.416 e. The molecule has 2 N–H and O–H groups in total. The van der Waals surface area contributed by atoms with Gasteiger partial charge in [0.1, 0.15) is 0 Å². The molecule has 20 heavy (non-hydrogen) atoms. The van der Waals surface area contributed by atoms with Crippen LogP contribution >= 0.6 is 15.9 Å². The fourth-order valence-electron chi connectivity index (χ4n) is 2.55. The third-order valence-corrected chi connectivity index (χ3v) is 4.45. The molecule has 0 aliphatic heterocycles. The summed E-state index contributed by atoms with van der Waals surface area (Å²) < 4.78 is 38.2. The van der Waals surface area contributed by atoms with Gasteiger partial charge in [-0.15, -0.1) is 0 Å². The molecular weight excluding hydrogens is 333 g/mol. The molecule has 0 unspecified atom stereocenters. The van der Waals surface area contributed by atoms with Gasteiger partial charge in [0, 0.05) is 22.2 Å². The number of anilines is 1. The Kier molecular flexibility index (Phi) is 4.96. The molecule has 0 heterocycles. The predicted octanol–water partition coefficient (Wildman–Crippen LogP) is 4.41. The van der Waals surface area contributed by atoms with Gasteiger partial charge in [-0.05, 0) is 66.9 Å². The molecule has 1 saturated carbocycles. The van der Waals surface area contributed by atoms with E-state index in [4.69, 9.17) is 0 Å². The first-order chi connectivity index (χ1) is 9.40. The fourth-order valence-corrected chi connectivity index (χ4v) is 3.05. The highest BCUT2D eigenvalue weighted by Gasteiger charge is 2.31. The summed E-state index contributed by atoms with van der Waals surface area (Å²) in [7, 11) is 1.96. The van der Waals surface area contributed by atoms with Gasteiger partial charge < -0.3 is 10.6 Å². The van der Waals surface area contributed by atoms with Crippen molar-refractivity contribution in [3.05, 3.63) is 28.2 Å². The Bertz CT molecular complexity index is 454. The third kappa shape index (κ3) is 3.88. The highest BCUT2D eigenvalue weighted by Crippen LogP contribution is 2.34. The van der Waals surface area contributed by atoms with E-state index in [-0.39, 0.29) is 0 Å². The van der Waals surface area contributed by atoms with Gasteiger partial charge in [-0.25, -0.2) is 0 Å². The monoisotopic (exact) mass is 350 g/mol. The van der Waals surface area contributed by atoms with Gasteiger partial charge >= 0.3 is 6.18 Å². The normalized spacial score (nSPS) is 23.6. The lowest BCUT2D eigenvalue weighted by molar-refractivity contribution is -0.137. The van der Waals surface area contributed by atoms with Crippen LogP contribution in [-0.4, -0.2) is 19.1 Å². The Morgan fingerprint density at radius 3 is 2.20 bits per heavy atom. The number of benzene rings is 1. The van der Waals surface area contributed by atoms with E-state index in [1.54, 1.807) is 0 Å². The predicted molar refractivity (Wildman–Crippen MR) is 77.9 cm³/mol. The van der Waals surface area contributed by atoms with Crippen LogP contribution in [0.15, 0.2) is 22.7 Å². The highest BCUT2D eigenvalue weighted by atomic mass is 79.9. The molecule has 0 atom stereocenters. The van der Waals surface area contributed by atoms with Crippen LogP contribution in [0, 0.1) is 0 Å². The van der Waals surface area contributed by atoms with Crippen LogP contribution in [0.1, 0.15) is 31.2 Å². The van der Waals surface area contributed by atoms with Crippen molar-refractivity contribution >= 4 is 21.6 Å². The van der Waals surface area contributed by atoms with Crippen LogP contribution in [-0.2, 0) is 6.18 Å². The zero-order chi connectivity index (χ0) is 14.8. The minimum Gasteiger partial charge on any atom is -0.381 e. The Balaban J connectivity index is 2.00. The lowest BCUT2D eigenvalue weighted by Gasteiger charge is -2.30. The standard InChI is InChI=1S/C14H18BrF3N2/c1-19-10-3-5-11(6-4-10)20-13-7-2-9(8-12(13)15)14(16,17)18/h2,7-8,10-11,19-20H,3-6H2,1H3. The number of hydrogen-bond acceptors (Lipinski definition) is 2. The van der Waals surface area contributed by atoms with Crippen LogP contribution in [0.2, 0.25) is 0 Å². The zero-order valence-electron chi connectivity index (χ0n) is 11.2. The second-order valence-corrected chi connectivity index (χ2v) is 6.03. The molecule has 0 bridgehead atoms. The molecule has 112 valence electrons. The zero-order valence-corrected chi connectivity index (χ0v) is 12.8. The Morgan fingerprint density at radius 2 is 1.70 bits per heavy atom. The smallest absolute Gasteiger partial charge is 0.381 e. The molecule has 1 aromatic carbocycles. The van der Waals surface area contributed by atoms with E-state index >= 15 is 0 Å². The van der Waals surface area contributed by atoms with Gasteiger partial charge in [0.25, 0.3) is 0 Å². The molecule has 2 nitrogen and oxygen atoms in total. The molecule has 0 aromatic heterocycles. The summed E-state index contributed by atoms with van der Waals surface area (Å²) in [6.45, 7) is 0. The minimum absolute atomic E-state index is 0.327. The van der Waals surface area contributed by atoms with E-state index in [1.165, 1.54) is 6.07 Å². The van der Waals surface area contributed by atoms with Crippen molar-refractivity contribution in [3.63, 3.8) is 0 Å². The average molecular weight is 351 g/mol. The second kappa shape index (κ2) is 6.35. The van der Waals surface area contributed by atoms with Crippen molar-refractivity contribution < 1.29 is 13.2 Å². The Hall–Kier alpha value is -0.750. The summed E-state index contributed by atoms with van der Waals surface area (Å²) in [4.78, 5) is 0. The van der Waals surface area contributed by atoms with Gasteiger partial charge in [-0.1, -0.05) is 0 Å². The molecule has 2 rings (SSSR count). The van der Waals surface area contributed by atoms with E-state index in [1.807, 2.05) is 7.05 Å². The molecule has 0 radical (unpaired) electrons. The molecule has 0 amide bonds. The van der Waals surface area contributed by atoms with Crippen molar-refractivity contribution in [2.75, 3.05) is 12.4 Å². The Morgan fingerprint density at radius 1 is 1.10 bits per heavy atom. The van der Waals surface area contributed by atoms with Gasteiger partial charge in [-0.2, -0.15) is 13.2 Å². The SMILES string of the molecule is CNC1CCC(Nc2ccc(C(F)(F)F)cc2Br)CC1. The molecule has 1 fully saturated rings. The average Bonchev–Trinajstić information content (AvgIpc) is 2.41. The van der Waals surface area contributed by atoms with Crippen molar-refractivity contribution in [3.8, 4) is 0 Å². The molecule has 1 aliphatic carbocycles. The summed E-state index contributed by atoms with van der Waals surface area (Å²) in [5, 5.41) is 6.59. The quantitative estimate of drug-likeness (QED) is 0.843. The van der Waals surface area contributed by atoms with Crippen LogP contribution in [0.25, 0.3) is 0 Å². The Labute approximate surface area is 125 Å². The lowest BCUT2D eigenvalue weighted by Crippen LogP contribution is -2.35. The maximum Gasteiger partial charge on any atom is 0.416 e. The first-order valence-corrected chi connectivity index (χ1v) is 7.50. The second-order valence-electron chi connectivity index (χ2n) is 5.17. The summed E-state index contributed by atoms with van der Waals surface area (Å²) in [5.41, 5.74) is 0.0970. The maximum atomic E-state index is 12.6. The third-order valence-electron chi connectivity index (χ3n) is 3.79. The molecule has 1 aliphatic rings. The van der Waals surface area contributed by atoms with Crippen molar-refractivity contribution in [2.45, 2.75) is 43.9 Å². The molecule has 6 heteroatoms. The van der Waals surface area contributed by atoms with Crippen LogP contribution in [0.4, 0.5) is 18.9 Å². The topological polar surface area (TPSA) is 24.1 Å². The lowest BCUT2D eigenvalue weighted by atomic mass is 9.91. The fraction of sp³-hybridized carbons (Fsp3) is 0.571. The molecule has 0 saturated heterocycles. The van der Waals surface area contributed by atoms with Crippen molar-refractivity contribution in [1.29, 1.82) is 0 Å². The van der Waals surface area contributed by atoms with E-state index in [0.29, 0.717) is 16.6 Å². The van der Waals surface area contributed by atoms with E-state index in [0.717, 1.165) is 43.5 Å². The van der Waals surface area contributed by atoms with Crippen molar-refractivity contribution in [1.82, 2.24) is 5.32 Å². The summed E-state index contributed by atoms with van der Waals surface area (Å²) in [6, 6.07) is 4.63. The van der Waals surface area contributed by atoms with Gasteiger partial charge in [0.05, 0.1) is 5.56 Å². The highest BCUT2D eigenvalue weighted by molar-refractivity contribution is 9.10. The van der Waals surface area contributed by atoms with Gasteiger partial charge in [0.15, 0.2) is 0 Å². The van der Waals surface area contributed by atoms with Crippen LogP contribution in [0.3, 0.4) is 0 Å². The molecular formula is C14H18BrF3N2. The number of alkyl halides is 3. The summed E-state index contributed by atoms with van der Waals surface area (Å²) in [5.74, 6) is 0. The minimum atomic E-state index is -4.30. The summed E-state index contributed by atoms with van der Waals surface area (Å²) >= 11 is 3.22. The first-order valence-electron chi connectivity index (χ1n) is 6.70. The number of rotatable bonds is 3. The maximum absolute atomic E-state index is 12.6. The molecule has 1 aromatic rings. The van der Waals surface area contributed by atoms with Gasteiger partial charge in [-0.3, -0.25) is 0 Å². The summed E-state index contributed by atoms with van der Waals surface area (Å²) in [6.07, 6.45) is -0.0668. The number of halogens is 4. The van der Waals surface area contributed by atoms with Crippen LogP contribution < -0.4 is 10.6 Å². The number of hydrogen-bond donors (Lipinski definition) is 2. The molecule has 0 spiro atoms.